The highest BCUT2D eigenvalue weighted by Gasteiger charge is 2.10. The number of rotatable bonds is 3. The molecular formula is C21H16FN3O. The summed E-state index contributed by atoms with van der Waals surface area (Å²) in [6.45, 7) is 0. The minimum Gasteiger partial charge on any atom is -0.327 e. The van der Waals surface area contributed by atoms with Gasteiger partial charge in [-0.05, 0) is 54.6 Å². The number of carbonyl (C=O) groups excluding carboxylic acids is 1. The normalized spacial score (nSPS) is 10.8. The van der Waals surface area contributed by atoms with Crippen molar-refractivity contribution in [2.24, 2.45) is 7.05 Å². The molecule has 0 radical (unpaired) electrons. The molecule has 1 N–H and O–H groups in total. The van der Waals surface area contributed by atoms with Gasteiger partial charge >= 0.3 is 0 Å². The Morgan fingerprint density at radius 1 is 1.00 bits per heavy atom. The molecule has 3 aromatic carbocycles. The van der Waals surface area contributed by atoms with E-state index in [1.165, 1.54) is 18.2 Å². The third kappa shape index (κ3) is 2.95. The van der Waals surface area contributed by atoms with Gasteiger partial charge in [-0.3, -0.25) is 4.79 Å². The Kier molecular flexibility index (Phi) is 3.97. The van der Waals surface area contributed by atoms with Gasteiger partial charge in [0.15, 0.2) is 0 Å². The van der Waals surface area contributed by atoms with Gasteiger partial charge in [0.1, 0.15) is 11.6 Å². The van der Waals surface area contributed by atoms with E-state index in [9.17, 15) is 9.18 Å². The number of fused-ring (bicyclic) bond motifs is 1. The number of carbonyl (C=O) groups is 1. The lowest BCUT2D eigenvalue weighted by molar-refractivity contribution is 0.102. The molecule has 0 unspecified atom stereocenters. The van der Waals surface area contributed by atoms with E-state index in [1.54, 1.807) is 6.07 Å². The van der Waals surface area contributed by atoms with Gasteiger partial charge in [0.2, 0.25) is 0 Å². The summed E-state index contributed by atoms with van der Waals surface area (Å²) in [5.74, 6) is 0.0732. The Morgan fingerprint density at radius 2 is 1.77 bits per heavy atom. The van der Waals surface area contributed by atoms with E-state index in [-0.39, 0.29) is 11.5 Å². The molecule has 0 atom stereocenters. The summed E-state index contributed by atoms with van der Waals surface area (Å²) in [6.07, 6.45) is 0. The number of anilines is 1. The zero-order valence-electron chi connectivity index (χ0n) is 14.1. The number of benzene rings is 3. The van der Waals surface area contributed by atoms with Crippen LogP contribution >= 0.6 is 0 Å². The minimum absolute atomic E-state index is 0.282. The van der Waals surface area contributed by atoms with Crippen LogP contribution in [0.5, 0.6) is 0 Å². The summed E-state index contributed by atoms with van der Waals surface area (Å²) in [7, 11) is 1.98. The summed E-state index contributed by atoms with van der Waals surface area (Å²) in [6, 6.07) is 21.0. The number of nitrogens with one attached hydrogen (secondary N) is 1. The predicted octanol–water partition coefficient (Wildman–Crippen LogP) is 4.63. The van der Waals surface area contributed by atoms with Crippen molar-refractivity contribution in [3.05, 3.63) is 84.2 Å². The van der Waals surface area contributed by atoms with Crippen LogP contribution < -0.4 is 5.32 Å². The first kappa shape index (κ1) is 16.0. The molecule has 0 aliphatic rings. The Hall–Kier alpha value is -3.47. The molecule has 0 saturated carbocycles. The molecular weight excluding hydrogens is 329 g/mol. The number of halogens is 1. The summed E-state index contributed by atoms with van der Waals surface area (Å²) in [5, 5.41) is 2.77. The highest BCUT2D eigenvalue weighted by molar-refractivity contribution is 6.04. The van der Waals surface area contributed by atoms with E-state index in [0.717, 1.165) is 22.4 Å². The van der Waals surface area contributed by atoms with Crippen LogP contribution in [0.1, 0.15) is 10.4 Å². The second-order valence-electron chi connectivity index (χ2n) is 6.02. The second-order valence-corrected chi connectivity index (χ2v) is 6.02. The van der Waals surface area contributed by atoms with Gasteiger partial charge in [-0.25, -0.2) is 9.37 Å². The van der Waals surface area contributed by atoms with Crippen molar-refractivity contribution in [3.63, 3.8) is 0 Å². The Balaban J connectivity index is 1.58. The lowest BCUT2D eigenvalue weighted by Crippen LogP contribution is -2.11. The molecule has 26 heavy (non-hydrogen) atoms. The number of aromatic nitrogens is 2. The first-order valence-electron chi connectivity index (χ1n) is 8.20. The average Bonchev–Trinajstić information content (AvgIpc) is 2.99. The van der Waals surface area contributed by atoms with Crippen LogP contribution in [0.15, 0.2) is 72.8 Å². The summed E-state index contributed by atoms with van der Waals surface area (Å²) >= 11 is 0. The molecule has 1 aromatic heterocycles. The summed E-state index contributed by atoms with van der Waals surface area (Å²) in [5.41, 5.74) is 3.87. The van der Waals surface area contributed by atoms with E-state index in [0.29, 0.717) is 5.69 Å². The fraction of sp³-hybridized carbons (Fsp3) is 0.0476. The van der Waals surface area contributed by atoms with Crippen molar-refractivity contribution in [3.8, 4) is 11.4 Å². The molecule has 4 aromatic rings. The molecule has 4 rings (SSSR count). The number of amides is 1. The molecule has 0 aliphatic carbocycles. The van der Waals surface area contributed by atoms with Gasteiger partial charge in [0.05, 0.1) is 11.0 Å². The van der Waals surface area contributed by atoms with Crippen LogP contribution in [0.4, 0.5) is 10.1 Å². The number of para-hydroxylation sites is 2. The molecule has 0 saturated heterocycles. The van der Waals surface area contributed by atoms with Crippen LogP contribution in [-0.4, -0.2) is 15.5 Å². The molecule has 1 amide bonds. The van der Waals surface area contributed by atoms with Crippen molar-refractivity contribution in [1.29, 1.82) is 0 Å². The summed E-state index contributed by atoms with van der Waals surface area (Å²) < 4.78 is 15.3. The van der Waals surface area contributed by atoms with Gasteiger partial charge in [-0.2, -0.15) is 0 Å². The zero-order chi connectivity index (χ0) is 18.1. The minimum atomic E-state index is -0.435. The van der Waals surface area contributed by atoms with Gasteiger partial charge < -0.3 is 9.88 Å². The maximum absolute atomic E-state index is 13.2. The molecule has 0 fully saturated rings. The van der Waals surface area contributed by atoms with E-state index >= 15 is 0 Å². The molecule has 0 aliphatic heterocycles. The molecule has 0 spiro atoms. The number of hydrogen-bond acceptors (Lipinski definition) is 2. The number of nitrogens with zero attached hydrogens (tertiary/aromatic N) is 2. The molecule has 0 bridgehead atoms. The fourth-order valence-corrected chi connectivity index (χ4v) is 2.94. The third-order valence-corrected chi connectivity index (χ3v) is 4.27. The van der Waals surface area contributed by atoms with Crippen molar-refractivity contribution >= 4 is 22.6 Å². The maximum atomic E-state index is 13.2. The van der Waals surface area contributed by atoms with E-state index in [2.05, 4.69) is 10.3 Å². The van der Waals surface area contributed by atoms with E-state index < -0.39 is 5.82 Å². The smallest absolute Gasteiger partial charge is 0.255 e. The topological polar surface area (TPSA) is 46.9 Å². The Labute approximate surface area is 149 Å². The molecule has 5 heteroatoms. The quantitative estimate of drug-likeness (QED) is 0.588. The van der Waals surface area contributed by atoms with Gasteiger partial charge in [-0.15, -0.1) is 0 Å². The van der Waals surface area contributed by atoms with Gasteiger partial charge in [0.25, 0.3) is 5.91 Å². The Bertz CT molecular complexity index is 1100. The van der Waals surface area contributed by atoms with Crippen LogP contribution in [0.2, 0.25) is 0 Å². The zero-order valence-corrected chi connectivity index (χ0v) is 14.1. The third-order valence-electron chi connectivity index (χ3n) is 4.27. The molecule has 4 nitrogen and oxygen atoms in total. The van der Waals surface area contributed by atoms with Crippen LogP contribution in [0.25, 0.3) is 22.4 Å². The highest BCUT2D eigenvalue weighted by atomic mass is 19.1. The van der Waals surface area contributed by atoms with Crippen LogP contribution in [0, 0.1) is 5.82 Å². The lowest BCUT2D eigenvalue weighted by atomic mass is 10.1. The van der Waals surface area contributed by atoms with Crippen molar-refractivity contribution < 1.29 is 9.18 Å². The average molecular weight is 345 g/mol. The van der Waals surface area contributed by atoms with Crippen molar-refractivity contribution in [2.45, 2.75) is 0 Å². The summed E-state index contributed by atoms with van der Waals surface area (Å²) in [4.78, 5) is 16.9. The van der Waals surface area contributed by atoms with Crippen LogP contribution in [0.3, 0.4) is 0 Å². The van der Waals surface area contributed by atoms with Gasteiger partial charge in [0, 0.05) is 23.9 Å². The predicted molar refractivity (Wildman–Crippen MR) is 101 cm³/mol. The monoisotopic (exact) mass is 345 g/mol. The van der Waals surface area contributed by atoms with E-state index in [1.807, 2.05) is 60.1 Å². The number of imidazole rings is 1. The van der Waals surface area contributed by atoms with Crippen molar-refractivity contribution in [1.82, 2.24) is 9.55 Å². The largest absolute Gasteiger partial charge is 0.327 e. The van der Waals surface area contributed by atoms with E-state index in [4.69, 9.17) is 0 Å². The van der Waals surface area contributed by atoms with Crippen LogP contribution in [-0.2, 0) is 7.05 Å². The Morgan fingerprint density at radius 3 is 2.50 bits per heavy atom. The SMILES string of the molecule is Cn1c(-c2ccc(NC(=O)c3cccc(F)c3)cc2)nc2ccccc21. The number of hydrogen-bond donors (Lipinski definition) is 1. The molecule has 1 heterocycles. The second kappa shape index (κ2) is 6.44. The first-order valence-corrected chi connectivity index (χ1v) is 8.20. The highest BCUT2D eigenvalue weighted by Crippen LogP contribution is 2.24. The first-order chi connectivity index (χ1) is 12.6. The lowest BCUT2D eigenvalue weighted by Gasteiger charge is -2.07. The maximum Gasteiger partial charge on any atom is 0.255 e. The fourth-order valence-electron chi connectivity index (χ4n) is 2.94. The number of aryl methyl sites for hydroxylation is 1. The van der Waals surface area contributed by atoms with Gasteiger partial charge in [-0.1, -0.05) is 18.2 Å². The standard InChI is InChI=1S/C21H16FN3O/c1-25-19-8-3-2-7-18(19)24-20(25)14-9-11-17(12-10-14)23-21(26)15-5-4-6-16(22)13-15/h2-13H,1H3,(H,23,26). The van der Waals surface area contributed by atoms with Crippen molar-refractivity contribution in [2.75, 3.05) is 5.32 Å². The molecule has 128 valence electrons.